The van der Waals surface area contributed by atoms with E-state index in [-0.39, 0.29) is 5.92 Å². The standard InChI is InChI=1S/C18H33NO5S2/c1-11-9-7-5-6-8-10-25-17-15(22)13(20)14(21)16(24-17)12(11)19-26(23)18(2,3)4/h7,9,11-17,19-22H,5-6,8,10H2,1-4H3/b9-7-/t11-,12-,13+,14-,15-,16-,17-,26-/m1/s1. The van der Waals surface area contributed by atoms with E-state index in [4.69, 9.17) is 4.74 Å². The summed E-state index contributed by atoms with van der Waals surface area (Å²) in [6, 6.07) is -0.453. The van der Waals surface area contributed by atoms with Crippen molar-refractivity contribution in [1.82, 2.24) is 4.72 Å². The second-order valence-electron chi connectivity index (χ2n) is 8.12. The van der Waals surface area contributed by atoms with Crippen LogP contribution in [0.15, 0.2) is 12.2 Å². The lowest BCUT2D eigenvalue weighted by atomic mass is 9.88. The maximum Gasteiger partial charge on any atom is 0.136 e. The van der Waals surface area contributed by atoms with Gasteiger partial charge in [-0.15, -0.1) is 16.5 Å². The zero-order chi connectivity index (χ0) is 19.5. The molecule has 0 radical (unpaired) electrons. The van der Waals surface area contributed by atoms with E-state index in [2.05, 4.69) is 16.9 Å². The molecule has 0 amide bonds. The van der Waals surface area contributed by atoms with Gasteiger partial charge in [0, 0.05) is 11.4 Å². The Bertz CT molecular complexity index is 473. The van der Waals surface area contributed by atoms with Crippen molar-refractivity contribution in [2.24, 2.45) is 5.92 Å². The summed E-state index contributed by atoms with van der Waals surface area (Å²) in [6.07, 6.45) is 2.70. The first-order chi connectivity index (χ1) is 12.1. The number of nitrogens with one attached hydrogen (secondary N) is 1. The maximum atomic E-state index is 12.7. The number of allylic oxidation sites excluding steroid dienone is 1. The van der Waals surface area contributed by atoms with Gasteiger partial charge < -0.3 is 24.6 Å². The van der Waals surface area contributed by atoms with Crippen molar-refractivity contribution in [2.75, 3.05) is 5.75 Å². The molecule has 0 aromatic carbocycles. The smallest absolute Gasteiger partial charge is 0.136 e. The minimum Gasteiger partial charge on any atom is -0.598 e. The Kier molecular flexibility index (Phi) is 8.31. The Balaban J connectivity index is 2.30. The van der Waals surface area contributed by atoms with Crippen molar-refractivity contribution in [3.05, 3.63) is 12.2 Å². The second kappa shape index (κ2) is 9.60. The summed E-state index contributed by atoms with van der Waals surface area (Å²) in [5.74, 6) is 0.751. The van der Waals surface area contributed by atoms with Crippen LogP contribution in [-0.4, -0.2) is 66.3 Å². The topological polar surface area (TPSA) is 105 Å². The molecule has 0 aromatic heterocycles. The molecule has 2 bridgehead atoms. The van der Waals surface area contributed by atoms with Crippen LogP contribution in [0.3, 0.4) is 0 Å². The highest BCUT2D eigenvalue weighted by molar-refractivity contribution is 7.99. The van der Waals surface area contributed by atoms with Crippen molar-refractivity contribution in [3.63, 3.8) is 0 Å². The summed E-state index contributed by atoms with van der Waals surface area (Å²) < 4.78 is 21.4. The molecule has 0 spiro atoms. The summed E-state index contributed by atoms with van der Waals surface area (Å²) in [5.41, 5.74) is -0.610. The minimum atomic E-state index is -1.36. The predicted octanol–water partition coefficient (Wildman–Crippen LogP) is 1.32. The SMILES string of the molecule is C[C@@H]1/C=C\CCCCS[C@H]2O[C@@H]([C@H](O)[C@H](O)[C@H]2O)[C@@H]1N[S@+]([O-])C(C)(C)C. The lowest BCUT2D eigenvalue weighted by molar-refractivity contribution is -0.205. The van der Waals surface area contributed by atoms with Crippen molar-refractivity contribution in [3.8, 4) is 0 Å². The number of aliphatic hydroxyl groups excluding tert-OH is 3. The Morgan fingerprint density at radius 2 is 1.85 bits per heavy atom. The van der Waals surface area contributed by atoms with Gasteiger partial charge in [0.15, 0.2) is 0 Å². The van der Waals surface area contributed by atoms with Crippen LogP contribution in [-0.2, 0) is 16.1 Å². The average Bonchev–Trinajstić information content (AvgIpc) is 2.56. The third-order valence-electron chi connectivity index (χ3n) is 4.81. The van der Waals surface area contributed by atoms with Gasteiger partial charge in [0.25, 0.3) is 0 Å². The Hall–Kier alpha value is 0.200. The van der Waals surface area contributed by atoms with E-state index in [0.717, 1.165) is 25.0 Å². The van der Waals surface area contributed by atoms with Gasteiger partial charge in [-0.05, 0) is 51.7 Å². The maximum absolute atomic E-state index is 12.7. The molecule has 2 aliphatic heterocycles. The molecule has 0 saturated carbocycles. The number of hydrogen-bond acceptors (Lipinski definition) is 7. The number of ether oxygens (including phenoxy) is 1. The Labute approximate surface area is 164 Å². The Morgan fingerprint density at radius 3 is 2.50 bits per heavy atom. The molecule has 1 saturated heterocycles. The molecule has 8 heteroatoms. The van der Waals surface area contributed by atoms with Crippen LogP contribution in [0.1, 0.15) is 47.0 Å². The summed E-state index contributed by atoms with van der Waals surface area (Å²) in [4.78, 5) is 0. The monoisotopic (exact) mass is 407 g/mol. The number of thioether (sulfide) groups is 1. The van der Waals surface area contributed by atoms with Gasteiger partial charge in [-0.1, -0.05) is 19.1 Å². The van der Waals surface area contributed by atoms with Crippen molar-refractivity contribution >= 4 is 23.1 Å². The molecule has 0 aromatic rings. The van der Waals surface area contributed by atoms with Crippen LogP contribution in [0, 0.1) is 5.92 Å². The van der Waals surface area contributed by atoms with E-state index in [1.807, 2.05) is 27.7 Å². The number of rotatable bonds is 2. The van der Waals surface area contributed by atoms with E-state index >= 15 is 0 Å². The molecule has 2 rings (SSSR count). The normalized spacial score (nSPS) is 42.4. The molecule has 1 fully saturated rings. The van der Waals surface area contributed by atoms with Crippen LogP contribution in [0.25, 0.3) is 0 Å². The fourth-order valence-electron chi connectivity index (χ4n) is 3.08. The minimum absolute atomic E-state index is 0.0616. The third kappa shape index (κ3) is 5.61. The molecule has 2 aliphatic rings. The molecule has 0 aliphatic carbocycles. The lowest BCUT2D eigenvalue weighted by Gasteiger charge is -2.45. The van der Waals surface area contributed by atoms with Crippen LogP contribution in [0.2, 0.25) is 0 Å². The number of aliphatic hydroxyl groups is 3. The first kappa shape index (κ1) is 22.5. The van der Waals surface area contributed by atoms with Gasteiger partial charge in [0.2, 0.25) is 0 Å². The van der Waals surface area contributed by atoms with E-state index in [0.29, 0.717) is 0 Å². The number of fused-ring (bicyclic) bond motifs is 2. The summed E-state index contributed by atoms with van der Waals surface area (Å²) in [5, 5.41) is 31.2. The van der Waals surface area contributed by atoms with Gasteiger partial charge >= 0.3 is 0 Å². The molecule has 26 heavy (non-hydrogen) atoms. The third-order valence-corrected chi connectivity index (χ3v) is 7.65. The molecule has 8 atom stereocenters. The van der Waals surface area contributed by atoms with E-state index < -0.39 is 52.0 Å². The van der Waals surface area contributed by atoms with Crippen LogP contribution < -0.4 is 4.72 Å². The average molecular weight is 408 g/mol. The number of hydrogen-bond donors (Lipinski definition) is 4. The van der Waals surface area contributed by atoms with Gasteiger partial charge in [0.05, 0.1) is 6.04 Å². The van der Waals surface area contributed by atoms with E-state index in [9.17, 15) is 19.9 Å². The van der Waals surface area contributed by atoms with Crippen LogP contribution in [0.4, 0.5) is 0 Å². The molecule has 2 heterocycles. The Morgan fingerprint density at radius 1 is 1.15 bits per heavy atom. The highest BCUT2D eigenvalue weighted by atomic mass is 32.2. The first-order valence-electron chi connectivity index (χ1n) is 9.29. The van der Waals surface area contributed by atoms with Crippen LogP contribution >= 0.6 is 11.8 Å². The van der Waals surface area contributed by atoms with Crippen LogP contribution in [0.5, 0.6) is 0 Å². The largest absolute Gasteiger partial charge is 0.598 e. The zero-order valence-electron chi connectivity index (χ0n) is 16.0. The summed E-state index contributed by atoms with van der Waals surface area (Å²) >= 11 is 0.104. The molecular formula is C18H33NO5S2. The zero-order valence-corrected chi connectivity index (χ0v) is 17.6. The second-order valence-corrected chi connectivity index (χ2v) is 11.3. The lowest BCUT2D eigenvalue weighted by Crippen LogP contribution is -2.64. The van der Waals surface area contributed by atoms with Crippen molar-refractivity contribution in [2.45, 2.75) is 87.6 Å². The highest BCUT2D eigenvalue weighted by Crippen LogP contribution is 2.33. The predicted molar refractivity (Wildman–Crippen MR) is 106 cm³/mol. The summed E-state index contributed by atoms with van der Waals surface area (Å²) in [6.45, 7) is 7.61. The fourth-order valence-corrected chi connectivity index (χ4v) is 5.19. The summed E-state index contributed by atoms with van der Waals surface area (Å²) in [7, 11) is 0. The molecule has 0 unspecified atom stereocenters. The van der Waals surface area contributed by atoms with E-state index in [1.54, 1.807) is 0 Å². The van der Waals surface area contributed by atoms with Gasteiger partial charge in [0.1, 0.15) is 34.6 Å². The molecule has 152 valence electrons. The van der Waals surface area contributed by atoms with Crippen molar-refractivity contribution < 1.29 is 24.6 Å². The molecule has 6 nitrogen and oxygen atoms in total. The fraction of sp³-hybridized carbons (Fsp3) is 0.889. The quantitative estimate of drug-likeness (QED) is 0.404. The molecule has 4 N–H and O–H groups in total. The first-order valence-corrected chi connectivity index (χ1v) is 11.5. The van der Waals surface area contributed by atoms with Gasteiger partial charge in [-0.25, -0.2) is 0 Å². The van der Waals surface area contributed by atoms with Crippen molar-refractivity contribution in [1.29, 1.82) is 0 Å². The van der Waals surface area contributed by atoms with Gasteiger partial charge in [-0.3, -0.25) is 0 Å². The van der Waals surface area contributed by atoms with E-state index in [1.165, 1.54) is 11.8 Å². The molecular weight excluding hydrogens is 374 g/mol. The highest BCUT2D eigenvalue weighted by Gasteiger charge is 2.49. The van der Waals surface area contributed by atoms with Gasteiger partial charge in [-0.2, -0.15) is 0 Å².